The Balaban J connectivity index is 3.29. The van der Waals surface area contributed by atoms with Crippen LogP contribution in [0.5, 0.6) is 5.75 Å². The highest BCUT2D eigenvalue weighted by molar-refractivity contribution is 5.69. The number of rotatable bonds is 2. The van der Waals surface area contributed by atoms with Crippen molar-refractivity contribution in [3.8, 4) is 5.75 Å². The lowest BCUT2D eigenvalue weighted by molar-refractivity contribution is 0.411. The molecular formula is C10H13NO. The van der Waals surface area contributed by atoms with Gasteiger partial charge < -0.3 is 4.74 Å². The van der Waals surface area contributed by atoms with E-state index in [2.05, 4.69) is 11.6 Å². The molecule has 0 aliphatic rings. The van der Waals surface area contributed by atoms with Crippen molar-refractivity contribution in [1.82, 2.24) is 4.98 Å². The highest BCUT2D eigenvalue weighted by Gasteiger charge is 2.05. The second-order valence-electron chi connectivity index (χ2n) is 2.81. The van der Waals surface area contributed by atoms with E-state index in [1.54, 1.807) is 13.3 Å². The van der Waals surface area contributed by atoms with Crippen molar-refractivity contribution in [2.24, 2.45) is 0 Å². The molecule has 0 N–H and O–H groups in total. The van der Waals surface area contributed by atoms with Crippen LogP contribution in [0.3, 0.4) is 0 Å². The van der Waals surface area contributed by atoms with Crippen LogP contribution in [0.4, 0.5) is 0 Å². The van der Waals surface area contributed by atoms with Gasteiger partial charge in [0.05, 0.1) is 13.3 Å². The third kappa shape index (κ3) is 1.47. The number of ether oxygens (including phenoxy) is 1. The minimum absolute atomic E-state index is 0.794. The molecule has 2 nitrogen and oxygen atoms in total. The Morgan fingerprint density at radius 1 is 1.50 bits per heavy atom. The maximum Gasteiger partial charge on any atom is 0.144 e. The molecular weight excluding hydrogens is 150 g/mol. The zero-order valence-electron chi connectivity index (χ0n) is 7.72. The molecule has 0 atom stereocenters. The highest BCUT2D eigenvalue weighted by Crippen LogP contribution is 2.26. The first-order valence-electron chi connectivity index (χ1n) is 3.81. The highest BCUT2D eigenvalue weighted by atomic mass is 16.5. The first-order valence-corrected chi connectivity index (χ1v) is 3.81. The molecule has 0 amide bonds. The molecule has 0 saturated carbocycles. The van der Waals surface area contributed by atoms with Gasteiger partial charge in [-0.25, -0.2) is 0 Å². The number of aromatic nitrogens is 1. The predicted molar refractivity (Wildman–Crippen MR) is 50.2 cm³/mol. The summed E-state index contributed by atoms with van der Waals surface area (Å²) < 4.78 is 5.16. The van der Waals surface area contributed by atoms with Crippen molar-refractivity contribution < 1.29 is 4.74 Å². The summed E-state index contributed by atoms with van der Waals surface area (Å²) in [4.78, 5) is 4.03. The van der Waals surface area contributed by atoms with Crippen LogP contribution in [0.15, 0.2) is 19.0 Å². The first kappa shape index (κ1) is 8.78. The summed E-state index contributed by atoms with van der Waals surface area (Å²) >= 11 is 0. The summed E-state index contributed by atoms with van der Waals surface area (Å²) in [7, 11) is 1.64. The van der Waals surface area contributed by atoms with Gasteiger partial charge in [0.25, 0.3) is 0 Å². The number of aryl methyl sites for hydroxylation is 1. The Morgan fingerprint density at radius 3 is 2.58 bits per heavy atom. The topological polar surface area (TPSA) is 22.1 Å². The quantitative estimate of drug-likeness (QED) is 0.668. The van der Waals surface area contributed by atoms with Gasteiger partial charge in [-0.3, -0.25) is 4.98 Å². The van der Waals surface area contributed by atoms with E-state index in [0.717, 1.165) is 22.4 Å². The molecule has 1 aromatic rings. The fraction of sp³-hybridized carbons (Fsp3) is 0.300. The number of allylic oxidation sites excluding steroid dienone is 1. The summed E-state index contributed by atoms with van der Waals surface area (Å²) in [6.45, 7) is 7.85. The van der Waals surface area contributed by atoms with E-state index in [1.807, 2.05) is 20.0 Å². The molecule has 1 rings (SSSR count). The van der Waals surface area contributed by atoms with E-state index in [4.69, 9.17) is 4.74 Å². The smallest absolute Gasteiger partial charge is 0.144 e. The van der Waals surface area contributed by atoms with Gasteiger partial charge in [0.1, 0.15) is 5.75 Å². The minimum Gasteiger partial charge on any atom is -0.494 e. The van der Waals surface area contributed by atoms with Crippen LogP contribution in [0.1, 0.15) is 18.1 Å². The fourth-order valence-electron chi connectivity index (χ4n) is 1.24. The van der Waals surface area contributed by atoms with Gasteiger partial charge in [-0.05, 0) is 25.0 Å². The van der Waals surface area contributed by atoms with Gasteiger partial charge in [-0.1, -0.05) is 6.58 Å². The third-order valence-corrected chi connectivity index (χ3v) is 1.75. The van der Waals surface area contributed by atoms with E-state index >= 15 is 0 Å². The lowest BCUT2D eigenvalue weighted by Gasteiger charge is -2.09. The second kappa shape index (κ2) is 3.39. The summed E-state index contributed by atoms with van der Waals surface area (Å²) in [5.74, 6) is 0.794. The number of hydrogen-bond donors (Lipinski definition) is 0. The molecule has 0 aliphatic carbocycles. The van der Waals surface area contributed by atoms with Crippen LogP contribution in [-0.2, 0) is 0 Å². The zero-order valence-corrected chi connectivity index (χ0v) is 7.72. The minimum atomic E-state index is 0.794. The van der Waals surface area contributed by atoms with E-state index in [-0.39, 0.29) is 0 Å². The summed E-state index contributed by atoms with van der Waals surface area (Å²) in [6.07, 6.45) is 3.52. The zero-order chi connectivity index (χ0) is 9.14. The van der Waals surface area contributed by atoms with Crippen LogP contribution in [0.2, 0.25) is 0 Å². The van der Waals surface area contributed by atoms with Gasteiger partial charge in [-0.2, -0.15) is 0 Å². The number of pyridine rings is 1. The Kier molecular flexibility index (Phi) is 2.48. The second-order valence-corrected chi connectivity index (χ2v) is 2.81. The maximum absolute atomic E-state index is 5.16. The molecule has 0 unspecified atom stereocenters. The lowest BCUT2D eigenvalue weighted by atomic mass is 10.1. The third-order valence-electron chi connectivity index (χ3n) is 1.75. The molecule has 0 aromatic carbocycles. The molecule has 0 radical (unpaired) electrons. The van der Waals surface area contributed by atoms with Crippen molar-refractivity contribution in [2.75, 3.05) is 7.11 Å². The molecule has 2 heteroatoms. The Hall–Kier alpha value is -1.31. The Bertz CT molecular complexity index is 305. The van der Waals surface area contributed by atoms with Crippen LogP contribution in [-0.4, -0.2) is 12.1 Å². The molecule has 12 heavy (non-hydrogen) atoms. The first-order chi connectivity index (χ1) is 5.66. The van der Waals surface area contributed by atoms with Gasteiger partial charge in [0.2, 0.25) is 0 Å². The molecule has 0 spiro atoms. The Labute approximate surface area is 72.9 Å². The predicted octanol–water partition coefficient (Wildman–Crippen LogP) is 2.43. The molecule has 0 aliphatic heterocycles. The van der Waals surface area contributed by atoms with Crippen LogP contribution in [0, 0.1) is 6.92 Å². The van der Waals surface area contributed by atoms with Gasteiger partial charge in [-0.15, -0.1) is 0 Å². The number of methoxy groups -OCH3 is 1. The lowest BCUT2D eigenvalue weighted by Crippen LogP contribution is -1.93. The van der Waals surface area contributed by atoms with E-state index < -0.39 is 0 Å². The molecule has 64 valence electrons. The standard InChI is InChI=1S/C10H13NO/c1-7(2)10-8(3)5-11-6-9(10)12-4/h5-6H,1H2,2-4H3. The van der Waals surface area contributed by atoms with E-state index in [1.165, 1.54) is 0 Å². The molecule has 1 heterocycles. The van der Waals surface area contributed by atoms with Crippen molar-refractivity contribution in [1.29, 1.82) is 0 Å². The largest absolute Gasteiger partial charge is 0.494 e. The summed E-state index contributed by atoms with van der Waals surface area (Å²) in [5.41, 5.74) is 3.17. The average Bonchev–Trinajstić information content (AvgIpc) is 2.03. The van der Waals surface area contributed by atoms with Crippen molar-refractivity contribution in [2.45, 2.75) is 13.8 Å². The maximum atomic E-state index is 5.16. The van der Waals surface area contributed by atoms with Crippen molar-refractivity contribution in [3.05, 3.63) is 30.1 Å². The fourth-order valence-corrected chi connectivity index (χ4v) is 1.24. The van der Waals surface area contributed by atoms with Crippen LogP contribution >= 0.6 is 0 Å². The van der Waals surface area contributed by atoms with Crippen molar-refractivity contribution in [3.63, 3.8) is 0 Å². The molecule has 1 aromatic heterocycles. The summed E-state index contributed by atoms with van der Waals surface area (Å²) in [5, 5.41) is 0. The number of nitrogens with zero attached hydrogens (tertiary/aromatic N) is 1. The van der Waals surface area contributed by atoms with Gasteiger partial charge in [0.15, 0.2) is 0 Å². The average molecular weight is 163 g/mol. The van der Waals surface area contributed by atoms with Crippen molar-refractivity contribution >= 4 is 5.57 Å². The molecule has 0 fully saturated rings. The van der Waals surface area contributed by atoms with Gasteiger partial charge in [0, 0.05) is 11.8 Å². The summed E-state index contributed by atoms with van der Waals surface area (Å²) in [6, 6.07) is 0. The van der Waals surface area contributed by atoms with Gasteiger partial charge >= 0.3 is 0 Å². The number of hydrogen-bond acceptors (Lipinski definition) is 2. The van der Waals surface area contributed by atoms with Crippen LogP contribution in [0.25, 0.3) is 5.57 Å². The van der Waals surface area contributed by atoms with E-state index in [0.29, 0.717) is 0 Å². The van der Waals surface area contributed by atoms with E-state index in [9.17, 15) is 0 Å². The normalized spacial score (nSPS) is 9.58. The Morgan fingerprint density at radius 2 is 2.17 bits per heavy atom. The van der Waals surface area contributed by atoms with Crippen LogP contribution < -0.4 is 4.74 Å². The monoisotopic (exact) mass is 163 g/mol. The SMILES string of the molecule is C=C(C)c1c(C)cncc1OC. The molecule has 0 bridgehead atoms. The molecule has 0 saturated heterocycles.